The first-order chi connectivity index (χ1) is 15.7. The standard InChI is InChI=1S/C27H28N2O2S/c30-26(28-17-16-19-9-2-1-3-10-19)24-21-13-6-7-14-22(21)27(31)29(20-11-4-5-12-20)25(24)23-15-8-18-32-23/h1-3,6-10,13-15,18,20,24-25H,4-5,11-12,16-17H2,(H,28,30)/t24-,25-/m0/s1. The van der Waals surface area contributed by atoms with E-state index in [2.05, 4.69) is 23.5 Å². The average molecular weight is 445 g/mol. The molecule has 4 nitrogen and oxygen atoms in total. The zero-order valence-corrected chi connectivity index (χ0v) is 18.9. The molecule has 5 rings (SSSR count). The van der Waals surface area contributed by atoms with E-state index >= 15 is 0 Å². The fraction of sp³-hybridized carbons (Fsp3) is 0.333. The molecule has 5 heteroatoms. The summed E-state index contributed by atoms with van der Waals surface area (Å²) < 4.78 is 0. The summed E-state index contributed by atoms with van der Waals surface area (Å²) >= 11 is 1.64. The molecular formula is C27H28N2O2S. The van der Waals surface area contributed by atoms with Gasteiger partial charge in [-0.15, -0.1) is 11.3 Å². The van der Waals surface area contributed by atoms with Crippen LogP contribution in [-0.2, 0) is 11.2 Å². The third-order valence-corrected chi connectivity index (χ3v) is 7.71. The number of carbonyl (C=O) groups excluding carboxylic acids is 2. The number of nitrogens with one attached hydrogen (secondary N) is 1. The van der Waals surface area contributed by atoms with Crippen molar-refractivity contribution in [2.75, 3.05) is 6.54 Å². The van der Waals surface area contributed by atoms with E-state index in [1.807, 2.05) is 58.8 Å². The minimum absolute atomic E-state index is 0.00211. The van der Waals surface area contributed by atoms with Crippen LogP contribution in [-0.4, -0.2) is 29.3 Å². The second-order valence-corrected chi connectivity index (χ2v) is 9.68. The number of hydrogen-bond donors (Lipinski definition) is 1. The van der Waals surface area contributed by atoms with Gasteiger partial charge in [0.15, 0.2) is 0 Å². The summed E-state index contributed by atoms with van der Waals surface area (Å²) in [6.07, 6.45) is 5.09. The van der Waals surface area contributed by atoms with Gasteiger partial charge in [0.1, 0.15) is 0 Å². The molecule has 2 aliphatic rings. The molecule has 32 heavy (non-hydrogen) atoms. The van der Waals surface area contributed by atoms with Crippen molar-refractivity contribution < 1.29 is 9.59 Å². The molecule has 3 aromatic rings. The quantitative estimate of drug-likeness (QED) is 0.559. The number of hydrogen-bond acceptors (Lipinski definition) is 3. The van der Waals surface area contributed by atoms with E-state index in [0.717, 1.165) is 42.5 Å². The van der Waals surface area contributed by atoms with Crippen molar-refractivity contribution in [2.24, 2.45) is 0 Å². The Balaban J connectivity index is 1.49. The number of rotatable bonds is 6. The molecule has 0 unspecified atom stereocenters. The van der Waals surface area contributed by atoms with Gasteiger partial charge < -0.3 is 10.2 Å². The van der Waals surface area contributed by atoms with Gasteiger partial charge in [-0.05, 0) is 47.9 Å². The first kappa shape index (κ1) is 21.0. The molecule has 0 saturated heterocycles. The van der Waals surface area contributed by atoms with Crippen molar-refractivity contribution in [1.82, 2.24) is 10.2 Å². The highest BCUT2D eigenvalue weighted by atomic mass is 32.1. The third kappa shape index (κ3) is 3.97. The van der Waals surface area contributed by atoms with E-state index in [-0.39, 0.29) is 23.9 Å². The molecule has 2 heterocycles. The maximum Gasteiger partial charge on any atom is 0.254 e. The lowest BCUT2D eigenvalue weighted by Gasteiger charge is -2.44. The second kappa shape index (κ2) is 9.29. The van der Waals surface area contributed by atoms with Crippen LogP contribution < -0.4 is 5.32 Å². The highest BCUT2D eigenvalue weighted by molar-refractivity contribution is 7.10. The number of thiophene rings is 1. The minimum Gasteiger partial charge on any atom is -0.355 e. The Morgan fingerprint density at radius 2 is 1.72 bits per heavy atom. The van der Waals surface area contributed by atoms with Crippen LogP contribution >= 0.6 is 11.3 Å². The van der Waals surface area contributed by atoms with Crippen molar-refractivity contribution in [1.29, 1.82) is 0 Å². The first-order valence-electron chi connectivity index (χ1n) is 11.5. The summed E-state index contributed by atoms with van der Waals surface area (Å²) in [5.41, 5.74) is 2.73. The Morgan fingerprint density at radius 3 is 2.47 bits per heavy atom. The van der Waals surface area contributed by atoms with Crippen LogP contribution in [0.25, 0.3) is 0 Å². The maximum atomic E-state index is 13.7. The summed E-state index contributed by atoms with van der Waals surface area (Å²) in [6, 6.07) is 21.9. The van der Waals surface area contributed by atoms with E-state index in [1.165, 1.54) is 5.56 Å². The highest BCUT2D eigenvalue weighted by Gasteiger charge is 2.47. The predicted octanol–water partition coefficient (Wildman–Crippen LogP) is 5.33. The third-order valence-electron chi connectivity index (χ3n) is 6.77. The Hall–Kier alpha value is -2.92. The molecule has 1 aliphatic heterocycles. The summed E-state index contributed by atoms with van der Waals surface area (Å²) in [5, 5.41) is 5.23. The fourth-order valence-electron chi connectivity index (χ4n) is 5.26. The topological polar surface area (TPSA) is 49.4 Å². The molecule has 0 radical (unpaired) electrons. The number of nitrogens with zero attached hydrogens (tertiary/aromatic N) is 1. The molecule has 0 spiro atoms. The summed E-state index contributed by atoms with van der Waals surface area (Å²) in [5.74, 6) is -0.333. The lowest BCUT2D eigenvalue weighted by Crippen LogP contribution is -2.50. The minimum atomic E-state index is -0.404. The number of amides is 2. The lowest BCUT2D eigenvalue weighted by molar-refractivity contribution is -0.124. The van der Waals surface area contributed by atoms with Crippen LogP contribution in [0.2, 0.25) is 0 Å². The lowest BCUT2D eigenvalue weighted by atomic mass is 9.80. The predicted molar refractivity (Wildman–Crippen MR) is 128 cm³/mol. The normalized spacial score (nSPS) is 20.9. The molecule has 2 atom stereocenters. The molecule has 1 saturated carbocycles. The monoisotopic (exact) mass is 444 g/mol. The van der Waals surface area contributed by atoms with Gasteiger partial charge in [0.05, 0.1) is 12.0 Å². The molecule has 164 valence electrons. The summed E-state index contributed by atoms with van der Waals surface area (Å²) in [4.78, 5) is 30.5. The Labute approximate surface area is 193 Å². The van der Waals surface area contributed by atoms with Crippen molar-refractivity contribution in [3.63, 3.8) is 0 Å². The van der Waals surface area contributed by atoms with Crippen LogP contribution in [0.5, 0.6) is 0 Å². The zero-order chi connectivity index (χ0) is 21.9. The molecule has 1 fully saturated rings. The molecule has 1 aromatic heterocycles. The molecule has 2 aromatic carbocycles. The van der Waals surface area contributed by atoms with Crippen molar-refractivity contribution in [3.05, 3.63) is 93.7 Å². The van der Waals surface area contributed by atoms with E-state index in [1.54, 1.807) is 11.3 Å². The van der Waals surface area contributed by atoms with Gasteiger partial charge >= 0.3 is 0 Å². The van der Waals surface area contributed by atoms with Crippen molar-refractivity contribution in [3.8, 4) is 0 Å². The summed E-state index contributed by atoms with van der Waals surface area (Å²) in [7, 11) is 0. The Kier molecular flexibility index (Phi) is 6.08. The van der Waals surface area contributed by atoms with Crippen molar-refractivity contribution >= 4 is 23.2 Å². The maximum absolute atomic E-state index is 13.7. The Morgan fingerprint density at radius 1 is 0.969 bits per heavy atom. The van der Waals surface area contributed by atoms with Gasteiger partial charge in [0.2, 0.25) is 5.91 Å². The van der Waals surface area contributed by atoms with E-state index < -0.39 is 5.92 Å². The van der Waals surface area contributed by atoms with Gasteiger partial charge in [-0.25, -0.2) is 0 Å². The molecule has 1 aliphatic carbocycles. The molecule has 2 amide bonds. The van der Waals surface area contributed by atoms with Crippen LogP contribution in [0.4, 0.5) is 0 Å². The van der Waals surface area contributed by atoms with Gasteiger partial charge in [-0.1, -0.05) is 67.4 Å². The molecule has 1 N–H and O–H groups in total. The molecule has 0 bridgehead atoms. The Bertz CT molecular complexity index is 1070. The molecular weight excluding hydrogens is 416 g/mol. The van der Waals surface area contributed by atoms with Crippen LogP contribution in [0.1, 0.15) is 64.0 Å². The zero-order valence-electron chi connectivity index (χ0n) is 18.1. The van der Waals surface area contributed by atoms with Crippen LogP contribution in [0.15, 0.2) is 72.1 Å². The first-order valence-corrected chi connectivity index (χ1v) is 12.4. The average Bonchev–Trinajstić information content (AvgIpc) is 3.54. The SMILES string of the molecule is O=C(NCCc1ccccc1)[C@H]1c2ccccc2C(=O)N(C2CCCC2)[C@H]1c1cccs1. The van der Waals surface area contributed by atoms with E-state index in [9.17, 15) is 9.59 Å². The van der Waals surface area contributed by atoms with E-state index in [0.29, 0.717) is 12.1 Å². The van der Waals surface area contributed by atoms with Gasteiger partial charge in [0.25, 0.3) is 5.91 Å². The fourth-order valence-corrected chi connectivity index (χ4v) is 6.13. The second-order valence-electron chi connectivity index (χ2n) is 8.70. The number of carbonyl (C=O) groups is 2. The highest BCUT2D eigenvalue weighted by Crippen LogP contribution is 2.47. The number of benzene rings is 2. The van der Waals surface area contributed by atoms with Crippen LogP contribution in [0, 0.1) is 0 Å². The van der Waals surface area contributed by atoms with Gasteiger partial charge in [-0.3, -0.25) is 9.59 Å². The van der Waals surface area contributed by atoms with Gasteiger partial charge in [0, 0.05) is 23.0 Å². The van der Waals surface area contributed by atoms with Crippen molar-refractivity contribution in [2.45, 2.75) is 50.1 Å². The smallest absolute Gasteiger partial charge is 0.254 e. The largest absolute Gasteiger partial charge is 0.355 e. The van der Waals surface area contributed by atoms with Crippen LogP contribution in [0.3, 0.4) is 0 Å². The van der Waals surface area contributed by atoms with Gasteiger partial charge in [-0.2, -0.15) is 0 Å². The number of fused-ring (bicyclic) bond motifs is 1. The van der Waals surface area contributed by atoms with E-state index in [4.69, 9.17) is 0 Å². The summed E-state index contributed by atoms with van der Waals surface area (Å²) in [6.45, 7) is 0.579.